The van der Waals surface area contributed by atoms with Crippen molar-refractivity contribution in [2.75, 3.05) is 6.61 Å². The standard InChI is InChI=1S/C18H14ClNO5/c1-10-17(18(23)24)14-8-13(25-9-16(21)22)6-7-15(14)20(10)12-4-2-11(19)3-5-12/h2-8H,9H2,1H3,(H,21,22)(H,23,24). The van der Waals surface area contributed by atoms with E-state index in [1.807, 2.05) is 4.57 Å². The summed E-state index contributed by atoms with van der Waals surface area (Å²) in [7, 11) is 0. The Labute approximate surface area is 147 Å². The second-order valence-corrected chi connectivity index (χ2v) is 5.88. The predicted octanol–water partition coefficient (Wildman–Crippen LogP) is 3.75. The summed E-state index contributed by atoms with van der Waals surface area (Å²) in [6, 6.07) is 11.9. The lowest BCUT2D eigenvalue weighted by Crippen LogP contribution is -2.09. The van der Waals surface area contributed by atoms with Gasteiger partial charge < -0.3 is 19.5 Å². The molecule has 0 saturated carbocycles. The zero-order chi connectivity index (χ0) is 18.1. The van der Waals surface area contributed by atoms with Crippen molar-refractivity contribution in [1.82, 2.24) is 4.57 Å². The maximum absolute atomic E-state index is 11.7. The zero-order valence-electron chi connectivity index (χ0n) is 13.2. The van der Waals surface area contributed by atoms with E-state index >= 15 is 0 Å². The number of aliphatic carboxylic acids is 1. The van der Waals surface area contributed by atoms with Crippen LogP contribution in [-0.2, 0) is 4.79 Å². The van der Waals surface area contributed by atoms with Gasteiger partial charge in [-0.2, -0.15) is 0 Å². The topological polar surface area (TPSA) is 88.8 Å². The molecule has 1 aromatic heterocycles. The molecule has 3 aromatic rings. The Morgan fingerprint density at radius 2 is 1.80 bits per heavy atom. The molecule has 0 spiro atoms. The molecule has 6 nitrogen and oxygen atoms in total. The average molecular weight is 360 g/mol. The minimum atomic E-state index is -1.10. The lowest BCUT2D eigenvalue weighted by molar-refractivity contribution is -0.139. The van der Waals surface area contributed by atoms with Gasteiger partial charge in [0.1, 0.15) is 5.75 Å². The molecule has 25 heavy (non-hydrogen) atoms. The molecule has 0 bridgehead atoms. The van der Waals surface area contributed by atoms with E-state index in [0.717, 1.165) is 5.69 Å². The van der Waals surface area contributed by atoms with Crippen LogP contribution in [0.2, 0.25) is 5.02 Å². The minimum absolute atomic E-state index is 0.144. The van der Waals surface area contributed by atoms with Crippen LogP contribution in [0, 0.1) is 6.92 Å². The van der Waals surface area contributed by atoms with Crippen LogP contribution in [0.4, 0.5) is 0 Å². The number of ether oxygens (including phenoxy) is 1. The molecule has 7 heteroatoms. The monoisotopic (exact) mass is 359 g/mol. The maximum Gasteiger partial charge on any atom is 0.341 e. The van der Waals surface area contributed by atoms with Gasteiger partial charge in [0.05, 0.1) is 11.1 Å². The molecule has 0 fully saturated rings. The summed E-state index contributed by atoms with van der Waals surface area (Å²) in [4.78, 5) is 22.4. The summed E-state index contributed by atoms with van der Waals surface area (Å²) in [6.45, 7) is 1.22. The van der Waals surface area contributed by atoms with Crippen LogP contribution in [0.5, 0.6) is 5.75 Å². The number of hydrogen-bond acceptors (Lipinski definition) is 3. The van der Waals surface area contributed by atoms with Crippen LogP contribution in [0.3, 0.4) is 0 Å². The average Bonchev–Trinajstić information content (AvgIpc) is 2.85. The second-order valence-electron chi connectivity index (χ2n) is 5.44. The molecule has 1 heterocycles. The lowest BCUT2D eigenvalue weighted by atomic mass is 10.1. The van der Waals surface area contributed by atoms with Gasteiger partial charge in [-0.1, -0.05) is 11.6 Å². The highest BCUT2D eigenvalue weighted by atomic mass is 35.5. The quantitative estimate of drug-likeness (QED) is 0.724. The van der Waals surface area contributed by atoms with Crippen LogP contribution >= 0.6 is 11.6 Å². The van der Waals surface area contributed by atoms with E-state index in [0.29, 0.717) is 27.4 Å². The Balaban J connectivity index is 2.21. The molecule has 0 atom stereocenters. The number of halogens is 1. The number of aromatic carboxylic acids is 1. The van der Waals surface area contributed by atoms with E-state index in [-0.39, 0.29) is 5.56 Å². The fourth-order valence-corrected chi connectivity index (χ4v) is 2.95. The van der Waals surface area contributed by atoms with E-state index in [1.165, 1.54) is 0 Å². The first-order valence-corrected chi connectivity index (χ1v) is 7.75. The number of hydrogen-bond donors (Lipinski definition) is 2. The summed E-state index contributed by atoms with van der Waals surface area (Å²) < 4.78 is 6.98. The number of carboxylic acids is 2. The second kappa shape index (κ2) is 6.49. The van der Waals surface area contributed by atoms with Gasteiger partial charge in [-0.05, 0) is 49.4 Å². The molecule has 0 unspecified atom stereocenters. The van der Waals surface area contributed by atoms with Gasteiger partial charge in [0.25, 0.3) is 0 Å². The fourth-order valence-electron chi connectivity index (χ4n) is 2.83. The van der Waals surface area contributed by atoms with Gasteiger partial charge in [0.2, 0.25) is 0 Å². The third kappa shape index (κ3) is 3.16. The number of carbonyl (C=O) groups is 2. The van der Waals surface area contributed by atoms with E-state index in [1.54, 1.807) is 49.4 Å². The Kier molecular flexibility index (Phi) is 4.37. The van der Waals surface area contributed by atoms with E-state index in [9.17, 15) is 14.7 Å². The van der Waals surface area contributed by atoms with Gasteiger partial charge in [-0.15, -0.1) is 0 Å². The van der Waals surface area contributed by atoms with Crippen molar-refractivity contribution in [2.45, 2.75) is 6.92 Å². The Hall–Kier alpha value is -2.99. The summed E-state index contributed by atoms with van der Waals surface area (Å²) >= 11 is 5.93. The Morgan fingerprint density at radius 1 is 1.12 bits per heavy atom. The molecule has 2 aromatic carbocycles. The van der Waals surface area contributed by atoms with Crippen LogP contribution < -0.4 is 4.74 Å². The van der Waals surface area contributed by atoms with Crippen molar-refractivity contribution >= 4 is 34.4 Å². The molecule has 2 N–H and O–H groups in total. The van der Waals surface area contributed by atoms with Gasteiger partial charge in [0, 0.05) is 21.8 Å². The molecule has 0 saturated heterocycles. The highest BCUT2D eigenvalue weighted by Crippen LogP contribution is 2.32. The van der Waals surface area contributed by atoms with Crippen molar-refractivity contribution in [1.29, 1.82) is 0 Å². The summed E-state index contributed by atoms with van der Waals surface area (Å²) in [5.74, 6) is -1.87. The molecule has 3 rings (SSSR count). The SMILES string of the molecule is Cc1c(C(=O)O)c2cc(OCC(=O)O)ccc2n1-c1ccc(Cl)cc1. The fraction of sp³-hybridized carbons (Fsp3) is 0.111. The zero-order valence-corrected chi connectivity index (χ0v) is 13.9. The molecular formula is C18H14ClNO5. The predicted molar refractivity (Wildman–Crippen MR) is 93.1 cm³/mol. The van der Waals surface area contributed by atoms with Crippen LogP contribution in [-0.4, -0.2) is 33.3 Å². The molecule has 0 aliphatic heterocycles. The lowest BCUT2D eigenvalue weighted by Gasteiger charge is -2.09. The molecule has 0 aliphatic carbocycles. The minimum Gasteiger partial charge on any atom is -0.482 e. The highest BCUT2D eigenvalue weighted by molar-refractivity contribution is 6.30. The van der Waals surface area contributed by atoms with Crippen LogP contribution in [0.1, 0.15) is 16.1 Å². The van der Waals surface area contributed by atoms with Crippen molar-refractivity contribution in [3.63, 3.8) is 0 Å². The molecule has 0 aliphatic rings. The number of aromatic nitrogens is 1. The first-order valence-electron chi connectivity index (χ1n) is 7.37. The smallest absolute Gasteiger partial charge is 0.341 e. The normalized spacial score (nSPS) is 10.8. The number of fused-ring (bicyclic) bond motifs is 1. The maximum atomic E-state index is 11.7. The van der Waals surface area contributed by atoms with Gasteiger partial charge in [-0.25, -0.2) is 9.59 Å². The van der Waals surface area contributed by atoms with Crippen molar-refractivity contribution < 1.29 is 24.5 Å². The summed E-state index contributed by atoms with van der Waals surface area (Å²) in [6.07, 6.45) is 0. The van der Waals surface area contributed by atoms with Crippen LogP contribution in [0.15, 0.2) is 42.5 Å². The third-order valence-electron chi connectivity index (χ3n) is 3.84. The van der Waals surface area contributed by atoms with Gasteiger partial charge in [0.15, 0.2) is 6.61 Å². The molecular weight excluding hydrogens is 346 g/mol. The van der Waals surface area contributed by atoms with E-state index in [2.05, 4.69) is 0 Å². The first-order chi connectivity index (χ1) is 11.9. The number of nitrogens with zero attached hydrogens (tertiary/aromatic N) is 1. The largest absolute Gasteiger partial charge is 0.482 e. The van der Waals surface area contributed by atoms with Gasteiger partial charge in [-0.3, -0.25) is 0 Å². The number of benzene rings is 2. The Morgan fingerprint density at radius 3 is 2.40 bits per heavy atom. The van der Waals surface area contributed by atoms with Crippen molar-refractivity contribution in [2.24, 2.45) is 0 Å². The molecule has 0 radical (unpaired) electrons. The number of rotatable bonds is 5. The summed E-state index contributed by atoms with van der Waals surface area (Å²) in [5, 5.41) is 19.4. The molecule has 128 valence electrons. The third-order valence-corrected chi connectivity index (χ3v) is 4.09. The highest BCUT2D eigenvalue weighted by Gasteiger charge is 2.21. The first kappa shape index (κ1) is 16.9. The van der Waals surface area contributed by atoms with Crippen molar-refractivity contribution in [3.8, 4) is 11.4 Å². The van der Waals surface area contributed by atoms with E-state index < -0.39 is 18.5 Å². The molecule has 0 amide bonds. The van der Waals surface area contributed by atoms with Crippen molar-refractivity contribution in [3.05, 3.63) is 58.7 Å². The van der Waals surface area contributed by atoms with E-state index in [4.69, 9.17) is 21.4 Å². The van der Waals surface area contributed by atoms with Gasteiger partial charge >= 0.3 is 11.9 Å². The Bertz CT molecular complexity index is 975. The number of carboxylic acid groups (broad SMARTS) is 2. The van der Waals surface area contributed by atoms with Crippen LogP contribution in [0.25, 0.3) is 16.6 Å². The summed E-state index contributed by atoms with van der Waals surface area (Å²) in [5.41, 5.74) is 2.16.